The molecule has 5 rings (SSSR count). The van der Waals surface area contributed by atoms with Crippen LogP contribution < -0.4 is 0 Å². The first kappa shape index (κ1) is 20.4. The Morgan fingerprint density at radius 1 is 1.12 bits per heavy atom. The summed E-state index contributed by atoms with van der Waals surface area (Å²) in [6, 6.07) is 14.7. The van der Waals surface area contributed by atoms with Gasteiger partial charge in [0, 0.05) is 39.9 Å². The Hall–Kier alpha value is -3.55. The molecule has 2 aromatic carbocycles. The molecule has 0 amide bonds. The Labute approximate surface area is 192 Å². The second kappa shape index (κ2) is 8.18. The van der Waals surface area contributed by atoms with Crippen molar-refractivity contribution in [2.45, 2.75) is 13.5 Å². The Balaban J connectivity index is 1.56. The van der Waals surface area contributed by atoms with Crippen LogP contribution in [-0.2, 0) is 6.54 Å². The van der Waals surface area contributed by atoms with Gasteiger partial charge in [0.15, 0.2) is 0 Å². The molecule has 0 saturated heterocycles. The highest BCUT2D eigenvalue weighted by atomic mass is 35.5. The normalized spacial score (nSPS) is 11.2. The van der Waals surface area contributed by atoms with E-state index in [1.54, 1.807) is 36.7 Å². The van der Waals surface area contributed by atoms with E-state index >= 15 is 0 Å². The molecule has 0 atom stereocenters. The average molecular weight is 464 g/mol. The summed E-state index contributed by atoms with van der Waals surface area (Å²) >= 11 is 12.4. The van der Waals surface area contributed by atoms with Crippen LogP contribution in [0.5, 0.6) is 0 Å². The molecular formula is C23H15Cl2N5O2. The molecule has 0 spiro atoms. The van der Waals surface area contributed by atoms with E-state index in [1.807, 2.05) is 35.8 Å². The summed E-state index contributed by atoms with van der Waals surface area (Å²) < 4.78 is 7.22. The van der Waals surface area contributed by atoms with E-state index in [1.165, 1.54) is 0 Å². The molecule has 3 aromatic heterocycles. The number of benzene rings is 2. The summed E-state index contributed by atoms with van der Waals surface area (Å²) in [5.41, 5.74) is 3.68. The molecule has 32 heavy (non-hydrogen) atoms. The second-order valence-electron chi connectivity index (χ2n) is 7.29. The number of hydrogen-bond acceptors (Lipinski definition) is 6. The fourth-order valence-electron chi connectivity index (χ4n) is 3.51. The summed E-state index contributed by atoms with van der Waals surface area (Å²) in [5, 5.41) is 13.5. The van der Waals surface area contributed by atoms with Gasteiger partial charge in [0.1, 0.15) is 5.69 Å². The minimum atomic E-state index is -0.371. The lowest BCUT2D eigenvalue weighted by atomic mass is 10.1. The summed E-state index contributed by atoms with van der Waals surface area (Å²) in [4.78, 5) is 17.5. The third-order valence-electron chi connectivity index (χ3n) is 5.06. The van der Waals surface area contributed by atoms with Crippen LogP contribution in [0.25, 0.3) is 22.4 Å². The zero-order valence-electron chi connectivity index (χ0n) is 16.8. The summed E-state index contributed by atoms with van der Waals surface area (Å²) in [5.74, 6) is -0.283. The van der Waals surface area contributed by atoms with E-state index in [-0.39, 0.29) is 17.5 Å². The van der Waals surface area contributed by atoms with Crippen LogP contribution in [0.3, 0.4) is 0 Å². The molecule has 0 unspecified atom stereocenters. The molecule has 0 aliphatic rings. The Kier molecular flexibility index (Phi) is 5.20. The molecule has 9 heteroatoms. The Bertz CT molecular complexity index is 1460. The maximum atomic E-state index is 13.3. The SMILES string of the molecule is Cc1ccc2c(c1)c(C(=O)c1nc(-c3cccnn3)no1)cn2Cc1ccc(Cl)cc1Cl. The topological polar surface area (TPSA) is 86.7 Å². The number of nitrogens with zero attached hydrogens (tertiary/aromatic N) is 5. The monoisotopic (exact) mass is 463 g/mol. The quantitative estimate of drug-likeness (QED) is 0.325. The second-order valence-corrected chi connectivity index (χ2v) is 8.13. The van der Waals surface area contributed by atoms with Crippen molar-refractivity contribution >= 4 is 39.9 Å². The highest BCUT2D eigenvalue weighted by Crippen LogP contribution is 2.28. The predicted molar refractivity (Wildman–Crippen MR) is 121 cm³/mol. The number of aryl methyl sites for hydroxylation is 1. The minimum Gasteiger partial charge on any atom is -0.342 e. The van der Waals surface area contributed by atoms with Crippen LogP contribution in [0, 0.1) is 6.92 Å². The van der Waals surface area contributed by atoms with Crippen LogP contribution in [0.4, 0.5) is 0 Å². The number of carbonyl (C=O) groups is 1. The minimum absolute atomic E-state index is 0.115. The predicted octanol–water partition coefficient (Wildman–Crippen LogP) is 5.38. The summed E-state index contributed by atoms with van der Waals surface area (Å²) in [6.45, 7) is 2.44. The first-order chi connectivity index (χ1) is 15.5. The first-order valence-corrected chi connectivity index (χ1v) is 10.4. The highest BCUT2D eigenvalue weighted by Gasteiger charge is 2.23. The van der Waals surface area contributed by atoms with Crippen molar-refractivity contribution in [3.05, 3.63) is 93.6 Å². The number of fused-ring (bicyclic) bond motifs is 1. The van der Waals surface area contributed by atoms with Gasteiger partial charge in [-0.05, 0) is 48.9 Å². The van der Waals surface area contributed by atoms with Crippen LogP contribution >= 0.6 is 23.2 Å². The third-order valence-corrected chi connectivity index (χ3v) is 5.65. The van der Waals surface area contributed by atoms with Gasteiger partial charge in [0.2, 0.25) is 5.82 Å². The summed E-state index contributed by atoms with van der Waals surface area (Å²) in [7, 11) is 0. The van der Waals surface area contributed by atoms with Gasteiger partial charge in [-0.3, -0.25) is 4.79 Å². The lowest BCUT2D eigenvalue weighted by Gasteiger charge is -2.08. The van der Waals surface area contributed by atoms with Crippen molar-refractivity contribution in [2.75, 3.05) is 0 Å². The number of halogens is 2. The van der Waals surface area contributed by atoms with E-state index in [0.717, 1.165) is 22.0 Å². The van der Waals surface area contributed by atoms with E-state index in [9.17, 15) is 4.79 Å². The number of ketones is 1. The van der Waals surface area contributed by atoms with Crippen molar-refractivity contribution < 1.29 is 9.32 Å². The van der Waals surface area contributed by atoms with Gasteiger partial charge in [0.25, 0.3) is 11.7 Å². The van der Waals surface area contributed by atoms with Crippen LogP contribution in [-0.4, -0.2) is 30.7 Å². The van der Waals surface area contributed by atoms with Gasteiger partial charge in [-0.1, -0.05) is 46.1 Å². The standard InChI is InChI=1S/C23H15Cl2N5O2/c1-13-4-7-20-16(9-13)17(12-30(20)11-14-5-6-15(24)10-18(14)25)21(31)23-27-22(29-32-23)19-3-2-8-26-28-19/h2-10,12H,11H2,1H3. The molecule has 0 N–H and O–H groups in total. The van der Waals surface area contributed by atoms with Crippen LogP contribution in [0.15, 0.2) is 65.4 Å². The van der Waals surface area contributed by atoms with Crippen molar-refractivity contribution in [3.63, 3.8) is 0 Å². The van der Waals surface area contributed by atoms with E-state index in [2.05, 4.69) is 20.3 Å². The van der Waals surface area contributed by atoms with Crippen LogP contribution in [0.2, 0.25) is 10.0 Å². The maximum Gasteiger partial charge on any atom is 0.299 e. The molecule has 0 aliphatic heterocycles. The molecular weight excluding hydrogens is 449 g/mol. The lowest BCUT2D eigenvalue weighted by Crippen LogP contribution is -2.02. The van der Waals surface area contributed by atoms with Gasteiger partial charge < -0.3 is 9.09 Å². The van der Waals surface area contributed by atoms with Crippen molar-refractivity contribution in [2.24, 2.45) is 0 Å². The molecule has 0 saturated carbocycles. The zero-order valence-corrected chi connectivity index (χ0v) is 18.3. The molecule has 5 aromatic rings. The number of hydrogen-bond donors (Lipinski definition) is 0. The average Bonchev–Trinajstić information content (AvgIpc) is 3.41. The van der Waals surface area contributed by atoms with Crippen molar-refractivity contribution in [1.29, 1.82) is 0 Å². The number of carbonyl (C=O) groups excluding carboxylic acids is 1. The smallest absolute Gasteiger partial charge is 0.299 e. The van der Waals surface area contributed by atoms with Crippen molar-refractivity contribution in [1.82, 2.24) is 24.9 Å². The van der Waals surface area contributed by atoms with Gasteiger partial charge in [-0.2, -0.15) is 10.1 Å². The van der Waals surface area contributed by atoms with E-state index in [4.69, 9.17) is 27.7 Å². The Morgan fingerprint density at radius 2 is 2.00 bits per heavy atom. The largest absolute Gasteiger partial charge is 0.342 e. The first-order valence-electron chi connectivity index (χ1n) is 9.69. The van der Waals surface area contributed by atoms with Gasteiger partial charge in [-0.25, -0.2) is 0 Å². The van der Waals surface area contributed by atoms with Crippen molar-refractivity contribution in [3.8, 4) is 11.5 Å². The van der Waals surface area contributed by atoms with Crippen LogP contribution in [0.1, 0.15) is 27.4 Å². The highest BCUT2D eigenvalue weighted by molar-refractivity contribution is 6.35. The van der Waals surface area contributed by atoms with E-state index < -0.39 is 0 Å². The lowest BCUT2D eigenvalue weighted by molar-refractivity contribution is 0.0995. The van der Waals surface area contributed by atoms with Gasteiger partial charge >= 0.3 is 0 Å². The number of aromatic nitrogens is 5. The third kappa shape index (κ3) is 3.77. The molecule has 0 radical (unpaired) electrons. The molecule has 7 nitrogen and oxygen atoms in total. The fourth-order valence-corrected chi connectivity index (χ4v) is 3.98. The number of rotatable bonds is 5. The Morgan fingerprint density at radius 3 is 2.78 bits per heavy atom. The maximum absolute atomic E-state index is 13.3. The fraction of sp³-hybridized carbons (Fsp3) is 0.0870. The van der Waals surface area contributed by atoms with Gasteiger partial charge in [-0.15, -0.1) is 5.10 Å². The molecule has 158 valence electrons. The van der Waals surface area contributed by atoms with Gasteiger partial charge in [0.05, 0.1) is 5.56 Å². The zero-order chi connectivity index (χ0) is 22.2. The molecule has 0 bridgehead atoms. The molecule has 0 fully saturated rings. The summed E-state index contributed by atoms with van der Waals surface area (Å²) in [6.07, 6.45) is 3.32. The molecule has 3 heterocycles. The molecule has 0 aliphatic carbocycles. The van der Waals surface area contributed by atoms with E-state index in [0.29, 0.717) is 27.8 Å².